The van der Waals surface area contributed by atoms with Crippen molar-refractivity contribution in [3.05, 3.63) is 11.5 Å². The fraction of sp³-hybridized carbons (Fsp3) is 0.417. The van der Waals surface area contributed by atoms with Crippen LogP contribution in [0.15, 0.2) is 6.33 Å². The molecule has 1 aliphatic carbocycles. The lowest BCUT2D eigenvalue weighted by Crippen LogP contribution is -2.31. The van der Waals surface area contributed by atoms with Crippen molar-refractivity contribution in [2.45, 2.75) is 12.5 Å². The highest BCUT2D eigenvalue weighted by atomic mass is 35.5. The van der Waals surface area contributed by atoms with Gasteiger partial charge in [-0.25, -0.2) is 4.98 Å². The highest BCUT2D eigenvalue weighted by Crippen LogP contribution is 2.58. The number of esters is 2. The Bertz CT molecular complexity index is 773. The van der Waals surface area contributed by atoms with E-state index in [1.807, 2.05) is 0 Å². The summed E-state index contributed by atoms with van der Waals surface area (Å²) in [7, 11) is 2.43. The molecule has 1 fully saturated rings. The molecule has 10 heteroatoms. The molecule has 22 heavy (non-hydrogen) atoms. The first kappa shape index (κ1) is 14.5. The maximum atomic E-state index is 12.0. The molecule has 0 bridgehead atoms. The Balaban J connectivity index is 2.10. The third-order valence-corrected chi connectivity index (χ3v) is 4.02. The first-order valence-corrected chi connectivity index (χ1v) is 6.66. The smallest absolute Gasteiger partial charge is 0.325 e. The molecule has 0 saturated heterocycles. The van der Waals surface area contributed by atoms with Crippen LogP contribution >= 0.6 is 11.6 Å². The van der Waals surface area contributed by atoms with Crippen molar-refractivity contribution in [3.63, 3.8) is 0 Å². The second kappa shape index (κ2) is 4.80. The average Bonchev–Trinajstić information content (AvgIpc) is 3.11. The van der Waals surface area contributed by atoms with Crippen molar-refractivity contribution in [3.8, 4) is 0 Å². The van der Waals surface area contributed by atoms with E-state index in [1.165, 1.54) is 20.5 Å². The first-order chi connectivity index (χ1) is 10.5. The van der Waals surface area contributed by atoms with Gasteiger partial charge >= 0.3 is 11.9 Å². The average molecular weight is 326 g/mol. The lowest BCUT2D eigenvalue weighted by atomic mass is 10.1. The van der Waals surface area contributed by atoms with Crippen LogP contribution in [-0.2, 0) is 19.1 Å². The molecule has 2 heterocycles. The van der Waals surface area contributed by atoms with E-state index in [0.29, 0.717) is 11.2 Å². The lowest BCUT2D eigenvalue weighted by molar-refractivity contribution is -0.161. The second-order valence-corrected chi connectivity index (χ2v) is 5.23. The number of rotatable bonds is 3. The summed E-state index contributed by atoms with van der Waals surface area (Å²) in [6, 6.07) is -0.525. The van der Waals surface area contributed by atoms with Crippen molar-refractivity contribution in [2.24, 2.45) is 5.41 Å². The van der Waals surface area contributed by atoms with E-state index in [9.17, 15) is 9.59 Å². The maximum absolute atomic E-state index is 12.0. The summed E-state index contributed by atoms with van der Waals surface area (Å²) >= 11 is 5.96. The minimum absolute atomic E-state index is 0.0263. The summed E-state index contributed by atoms with van der Waals surface area (Å²) in [6.07, 6.45) is 1.66. The Labute approximate surface area is 129 Å². The number of carbonyl (C=O) groups is 2. The number of nitrogen functional groups attached to an aromatic ring is 1. The zero-order chi connectivity index (χ0) is 16.1. The van der Waals surface area contributed by atoms with Gasteiger partial charge in [-0.3, -0.25) is 9.59 Å². The zero-order valence-corrected chi connectivity index (χ0v) is 12.5. The molecular formula is C12H12ClN5O4. The van der Waals surface area contributed by atoms with Gasteiger partial charge in [0.15, 0.2) is 16.2 Å². The van der Waals surface area contributed by atoms with Crippen molar-refractivity contribution in [1.82, 2.24) is 19.5 Å². The number of methoxy groups -OCH3 is 2. The predicted octanol–water partition coefficient (Wildman–Crippen LogP) is 0.339. The minimum Gasteiger partial charge on any atom is -0.468 e. The van der Waals surface area contributed by atoms with Gasteiger partial charge in [0.05, 0.1) is 26.6 Å². The molecule has 0 amide bonds. The second-order valence-electron chi connectivity index (χ2n) is 4.87. The maximum Gasteiger partial charge on any atom is 0.325 e. The highest BCUT2D eigenvalue weighted by molar-refractivity contribution is 6.33. The summed E-state index contributed by atoms with van der Waals surface area (Å²) in [4.78, 5) is 36.0. The normalized spacial score (nSPS) is 19.0. The molecule has 3 rings (SSSR count). The SMILES string of the molecule is COC(=O)C1(C(=O)OC)CC1n1cnc2c(Cl)nc(N)nc21. The molecule has 0 radical (unpaired) electrons. The first-order valence-electron chi connectivity index (χ1n) is 6.28. The molecule has 2 aromatic rings. The van der Waals surface area contributed by atoms with Gasteiger partial charge in [0.25, 0.3) is 0 Å². The van der Waals surface area contributed by atoms with E-state index in [4.69, 9.17) is 26.8 Å². The van der Waals surface area contributed by atoms with Gasteiger partial charge < -0.3 is 19.8 Å². The number of aromatic nitrogens is 4. The number of imidazole rings is 1. The Morgan fingerprint density at radius 2 is 2.00 bits per heavy atom. The number of ether oxygens (including phenoxy) is 2. The molecular weight excluding hydrogens is 314 g/mol. The summed E-state index contributed by atoms with van der Waals surface area (Å²) in [5, 5.41) is 0.101. The van der Waals surface area contributed by atoms with Gasteiger partial charge in [-0.2, -0.15) is 9.97 Å². The fourth-order valence-electron chi connectivity index (χ4n) is 2.59. The largest absolute Gasteiger partial charge is 0.468 e. The van der Waals surface area contributed by atoms with Gasteiger partial charge in [0.2, 0.25) is 5.95 Å². The fourth-order valence-corrected chi connectivity index (χ4v) is 2.81. The van der Waals surface area contributed by atoms with Gasteiger partial charge in [0, 0.05) is 0 Å². The molecule has 0 spiro atoms. The summed E-state index contributed by atoms with van der Waals surface area (Å²) in [5.41, 5.74) is 4.87. The molecule has 1 unspecified atom stereocenters. The Hall–Kier alpha value is -2.42. The topological polar surface area (TPSA) is 122 Å². The number of hydrogen-bond donors (Lipinski definition) is 1. The van der Waals surface area contributed by atoms with E-state index in [-0.39, 0.29) is 17.5 Å². The van der Waals surface area contributed by atoms with E-state index < -0.39 is 23.4 Å². The highest BCUT2D eigenvalue weighted by Gasteiger charge is 2.69. The molecule has 2 N–H and O–H groups in total. The van der Waals surface area contributed by atoms with Crippen LogP contribution < -0.4 is 5.73 Å². The number of halogens is 1. The van der Waals surface area contributed by atoms with Gasteiger partial charge in [0.1, 0.15) is 5.52 Å². The predicted molar refractivity (Wildman–Crippen MR) is 74.9 cm³/mol. The minimum atomic E-state index is -1.40. The van der Waals surface area contributed by atoms with Crippen LogP contribution in [-0.4, -0.2) is 45.7 Å². The van der Waals surface area contributed by atoms with Crippen LogP contribution in [0.2, 0.25) is 5.15 Å². The van der Waals surface area contributed by atoms with E-state index in [1.54, 1.807) is 4.57 Å². The van der Waals surface area contributed by atoms with Crippen LogP contribution in [0.1, 0.15) is 12.5 Å². The number of carbonyl (C=O) groups excluding carboxylic acids is 2. The quantitative estimate of drug-likeness (QED) is 0.487. The van der Waals surface area contributed by atoms with Gasteiger partial charge in [-0.15, -0.1) is 0 Å². The third kappa shape index (κ3) is 1.82. The van der Waals surface area contributed by atoms with Crippen LogP contribution in [0.5, 0.6) is 0 Å². The standard InChI is InChI=1S/C12H12ClN5O4/c1-21-9(19)12(10(20)22-2)3-5(12)18-4-15-6-7(13)16-11(14)17-8(6)18/h4-5H,3H2,1-2H3,(H2,14,16,17). The summed E-state index contributed by atoms with van der Waals surface area (Å²) in [6.45, 7) is 0. The van der Waals surface area contributed by atoms with Crippen molar-refractivity contribution in [1.29, 1.82) is 0 Å². The third-order valence-electron chi connectivity index (χ3n) is 3.76. The molecule has 0 aliphatic heterocycles. The molecule has 1 atom stereocenters. The van der Waals surface area contributed by atoms with Crippen LogP contribution in [0.4, 0.5) is 5.95 Å². The molecule has 2 aromatic heterocycles. The van der Waals surface area contributed by atoms with Crippen molar-refractivity contribution >= 4 is 40.7 Å². The monoisotopic (exact) mass is 325 g/mol. The van der Waals surface area contributed by atoms with Gasteiger partial charge in [-0.1, -0.05) is 11.6 Å². The van der Waals surface area contributed by atoms with Crippen LogP contribution in [0.25, 0.3) is 11.2 Å². The zero-order valence-electron chi connectivity index (χ0n) is 11.7. The number of hydrogen-bond acceptors (Lipinski definition) is 8. The van der Waals surface area contributed by atoms with Crippen LogP contribution in [0.3, 0.4) is 0 Å². The molecule has 116 valence electrons. The summed E-state index contributed by atoms with van der Waals surface area (Å²) < 4.78 is 11.0. The Morgan fingerprint density at radius 1 is 1.36 bits per heavy atom. The molecule has 1 saturated carbocycles. The van der Waals surface area contributed by atoms with Crippen molar-refractivity contribution in [2.75, 3.05) is 20.0 Å². The Kier molecular flexibility index (Phi) is 3.17. The van der Waals surface area contributed by atoms with E-state index in [0.717, 1.165) is 0 Å². The molecule has 9 nitrogen and oxygen atoms in total. The number of anilines is 1. The molecule has 0 aromatic carbocycles. The number of nitrogens with two attached hydrogens (primary N) is 1. The van der Waals surface area contributed by atoms with Crippen molar-refractivity contribution < 1.29 is 19.1 Å². The number of nitrogens with zero attached hydrogens (tertiary/aromatic N) is 4. The number of fused-ring (bicyclic) bond motifs is 1. The Morgan fingerprint density at radius 3 is 2.59 bits per heavy atom. The van der Waals surface area contributed by atoms with Crippen LogP contribution in [0, 0.1) is 5.41 Å². The van der Waals surface area contributed by atoms with E-state index in [2.05, 4.69) is 15.0 Å². The lowest BCUT2D eigenvalue weighted by Gasteiger charge is -2.13. The van der Waals surface area contributed by atoms with E-state index >= 15 is 0 Å². The summed E-state index contributed by atoms with van der Waals surface area (Å²) in [5.74, 6) is -1.36. The molecule has 1 aliphatic rings. The van der Waals surface area contributed by atoms with Gasteiger partial charge in [-0.05, 0) is 6.42 Å².